The molecule has 2 aromatic rings. The van der Waals surface area contributed by atoms with Crippen molar-refractivity contribution in [3.05, 3.63) is 30.2 Å². The summed E-state index contributed by atoms with van der Waals surface area (Å²) in [5, 5.41) is 6.77. The second-order valence-electron chi connectivity index (χ2n) is 5.03. The zero-order valence-corrected chi connectivity index (χ0v) is 13.0. The van der Waals surface area contributed by atoms with E-state index < -0.39 is 0 Å². The molecule has 0 saturated carbocycles. The zero-order valence-electron chi connectivity index (χ0n) is 13.0. The smallest absolute Gasteiger partial charge is 0.226 e. The van der Waals surface area contributed by atoms with Crippen molar-refractivity contribution in [2.75, 3.05) is 13.7 Å². The summed E-state index contributed by atoms with van der Waals surface area (Å²) in [6.07, 6.45) is 3.69. The maximum atomic E-state index is 10.7. The highest BCUT2D eigenvalue weighted by Crippen LogP contribution is 2.20. The Labute approximate surface area is 129 Å². The van der Waals surface area contributed by atoms with Crippen LogP contribution in [0.15, 0.2) is 28.8 Å². The number of nitrogens with zero attached hydrogens (tertiary/aromatic N) is 2. The number of carbonyl (C=O) groups excluding carboxylic acids is 1. The van der Waals surface area contributed by atoms with Crippen molar-refractivity contribution in [2.45, 2.75) is 32.6 Å². The fraction of sp³-hybridized carbons (Fsp3) is 0.438. The van der Waals surface area contributed by atoms with E-state index in [1.165, 1.54) is 6.92 Å². The number of hydrogen-bond acceptors (Lipinski definition) is 5. The van der Waals surface area contributed by atoms with E-state index in [2.05, 4.69) is 15.5 Å². The van der Waals surface area contributed by atoms with Gasteiger partial charge in [0.25, 0.3) is 0 Å². The molecule has 0 spiro atoms. The van der Waals surface area contributed by atoms with E-state index in [4.69, 9.17) is 9.26 Å². The Morgan fingerprint density at radius 1 is 1.23 bits per heavy atom. The third-order valence-corrected chi connectivity index (χ3v) is 3.26. The number of rotatable bonds is 8. The first-order valence-corrected chi connectivity index (χ1v) is 7.40. The minimum Gasteiger partial charge on any atom is -0.497 e. The Morgan fingerprint density at radius 3 is 2.68 bits per heavy atom. The van der Waals surface area contributed by atoms with Crippen LogP contribution < -0.4 is 10.1 Å². The van der Waals surface area contributed by atoms with Crippen LogP contribution in [0.4, 0.5) is 0 Å². The van der Waals surface area contributed by atoms with Crippen molar-refractivity contribution >= 4 is 5.91 Å². The van der Waals surface area contributed by atoms with E-state index >= 15 is 0 Å². The molecule has 1 aromatic heterocycles. The molecule has 2 rings (SSSR count). The molecule has 1 heterocycles. The summed E-state index contributed by atoms with van der Waals surface area (Å²) in [7, 11) is 1.63. The Hall–Kier alpha value is -2.37. The average molecular weight is 303 g/mol. The lowest BCUT2D eigenvalue weighted by Crippen LogP contribution is -2.20. The molecule has 0 atom stereocenters. The van der Waals surface area contributed by atoms with Crippen molar-refractivity contribution in [1.82, 2.24) is 15.5 Å². The van der Waals surface area contributed by atoms with E-state index in [1.807, 2.05) is 24.3 Å². The van der Waals surface area contributed by atoms with Gasteiger partial charge in [0.15, 0.2) is 0 Å². The molecule has 22 heavy (non-hydrogen) atoms. The first-order chi connectivity index (χ1) is 10.7. The second kappa shape index (κ2) is 8.17. The number of nitrogens with one attached hydrogen (secondary N) is 1. The van der Waals surface area contributed by atoms with Gasteiger partial charge in [-0.25, -0.2) is 0 Å². The normalized spacial score (nSPS) is 10.5. The molecule has 0 bridgehead atoms. The Kier molecular flexibility index (Phi) is 5.94. The van der Waals surface area contributed by atoms with Gasteiger partial charge in [0.1, 0.15) is 5.75 Å². The Morgan fingerprint density at radius 2 is 2.00 bits per heavy atom. The van der Waals surface area contributed by atoms with Gasteiger partial charge < -0.3 is 14.6 Å². The van der Waals surface area contributed by atoms with Crippen LogP contribution in [0.5, 0.6) is 5.75 Å². The predicted molar refractivity (Wildman–Crippen MR) is 82.5 cm³/mol. The number of methoxy groups -OCH3 is 1. The zero-order chi connectivity index (χ0) is 15.8. The van der Waals surface area contributed by atoms with Gasteiger partial charge in [-0.1, -0.05) is 11.6 Å². The first kappa shape index (κ1) is 16.0. The molecular formula is C16H21N3O3. The third-order valence-electron chi connectivity index (χ3n) is 3.26. The van der Waals surface area contributed by atoms with Crippen molar-refractivity contribution in [2.24, 2.45) is 0 Å². The average Bonchev–Trinajstić information content (AvgIpc) is 2.99. The van der Waals surface area contributed by atoms with Crippen LogP contribution in [0.25, 0.3) is 11.4 Å². The SMILES string of the molecule is COc1ccc(-c2noc(CCCCCNC(C)=O)n2)cc1. The number of amides is 1. The molecular weight excluding hydrogens is 282 g/mol. The van der Waals surface area contributed by atoms with Gasteiger partial charge in [0.05, 0.1) is 7.11 Å². The van der Waals surface area contributed by atoms with Gasteiger partial charge in [0.2, 0.25) is 17.6 Å². The van der Waals surface area contributed by atoms with Crippen LogP contribution >= 0.6 is 0 Å². The minimum atomic E-state index is 0.0148. The third kappa shape index (κ3) is 4.87. The Balaban J connectivity index is 1.77. The first-order valence-electron chi connectivity index (χ1n) is 7.40. The number of hydrogen-bond donors (Lipinski definition) is 1. The Bertz CT molecular complexity index is 593. The van der Waals surface area contributed by atoms with Crippen molar-refractivity contribution in [1.29, 1.82) is 0 Å². The van der Waals surface area contributed by atoms with Gasteiger partial charge in [-0.2, -0.15) is 4.98 Å². The van der Waals surface area contributed by atoms with E-state index in [-0.39, 0.29) is 5.91 Å². The van der Waals surface area contributed by atoms with Crippen LogP contribution in [0.3, 0.4) is 0 Å². The van der Waals surface area contributed by atoms with Crippen molar-refractivity contribution in [3.63, 3.8) is 0 Å². The number of carbonyl (C=O) groups is 1. The highest BCUT2D eigenvalue weighted by Gasteiger charge is 2.08. The number of aromatic nitrogens is 2. The van der Waals surface area contributed by atoms with Crippen LogP contribution in [-0.4, -0.2) is 29.7 Å². The maximum Gasteiger partial charge on any atom is 0.226 e. The summed E-state index contributed by atoms with van der Waals surface area (Å²) < 4.78 is 10.4. The molecule has 0 aliphatic rings. The summed E-state index contributed by atoms with van der Waals surface area (Å²) in [5.74, 6) is 2.05. The molecule has 1 amide bonds. The molecule has 6 heteroatoms. The van der Waals surface area contributed by atoms with E-state index in [0.717, 1.165) is 43.5 Å². The van der Waals surface area contributed by atoms with Gasteiger partial charge in [0, 0.05) is 25.5 Å². The number of unbranched alkanes of at least 4 members (excludes halogenated alkanes) is 2. The maximum absolute atomic E-state index is 10.7. The quantitative estimate of drug-likeness (QED) is 0.758. The van der Waals surface area contributed by atoms with Gasteiger partial charge >= 0.3 is 0 Å². The van der Waals surface area contributed by atoms with Crippen LogP contribution in [0.2, 0.25) is 0 Å². The van der Waals surface area contributed by atoms with Crippen LogP contribution in [0.1, 0.15) is 32.1 Å². The standard InChI is InChI=1S/C16H21N3O3/c1-12(20)17-11-5-3-4-6-15-18-16(19-22-15)13-7-9-14(21-2)10-8-13/h7-10H,3-6,11H2,1-2H3,(H,17,20). The van der Waals surface area contributed by atoms with Gasteiger partial charge in [-0.15, -0.1) is 0 Å². The van der Waals surface area contributed by atoms with E-state index in [9.17, 15) is 4.79 Å². The largest absolute Gasteiger partial charge is 0.497 e. The van der Waals surface area contributed by atoms with Crippen LogP contribution in [-0.2, 0) is 11.2 Å². The topological polar surface area (TPSA) is 77.3 Å². The predicted octanol–water partition coefficient (Wildman–Crippen LogP) is 2.59. The molecule has 0 aliphatic carbocycles. The molecule has 6 nitrogen and oxygen atoms in total. The van der Waals surface area contributed by atoms with Gasteiger partial charge in [-0.3, -0.25) is 4.79 Å². The number of benzene rings is 1. The van der Waals surface area contributed by atoms with Crippen LogP contribution in [0, 0.1) is 0 Å². The fourth-order valence-corrected chi connectivity index (χ4v) is 2.06. The molecule has 0 aliphatic heterocycles. The van der Waals surface area contributed by atoms with Gasteiger partial charge in [-0.05, 0) is 37.1 Å². The molecule has 1 N–H and O–H groups in total. The lowest BCUT2D eigenvalue weighted by molar-refractivity contribution is -0.118. The number of ether oxygens (including phenoxy) is 1. The lowest BCUT2D eigenvalue weighted by atomic mass is 10.2. The van der Waals surface area contributed by atoms with E-state index in [0.29, 0.717) is 11.7 Å². The highest BCUT2D eigenvalue weighted by molar-refractivity contribution is 5.72. The molecule has 118 valence electrons. The molecule has 1 aromatic carbocycles. The summed E-state index contributed by atoms with van der Waals surface area (Å²) in [6, 6.07) is 7.54. The highest BCUT2D eigenvalue weighted by atomic mass is 16.5. The monoisotopic (exact) mass is 303 g/mol. The molecule has 0 unspecified atom stereocenters. The van der Waals surface area contributed by atoms with Crippen molar-refractivity contribution < 1.29 is 14.1 Å². The lowest BCUT2D eigenvalue weighted by Gasteiger charge is -2.00. The summed E-state index contributed by atoms with van der Waals surface area (Å²) in [6.45, 7) is 2.25. The molecule has 0 fully saturated rings. The minimum absolute atomic E-state index is 0.0148. The summed E-state index contributed by atoms with van der Waals surface area (Å²) in [5.41, 5.74) is 0.904. The summed E-state index contributed by atoms with van der Waals surface area (Å²) in [4.78, 5) is 15.1. The fourth-order valence-electron chi connectivity index (χ4n) is 2.06. The summed E-state index contributed by atoms with van der Waals surface area (Å²) >= 11 is 0. The number of aryl methyl sites for hydroxylation is 1. The van der Waals surface area contributed by atoms with E-state index in [1.54, 1.807) is 7.11 Å². The molecule has 0 radical (unpaired) electrons. The molecule has 0 saturated heterocycles. The second-order valence-corrected chi connectivity index (χ2v) is 5.03. The van der Waals surface area contributed by atoms with Crippen molar-refractivity contribution in [3.8, 4) is 17.1 Å².